The molecule has 0 saturated carbocycles. The molecule has 4 N–H and O–H groups in total. The van der Waals surface area contributed by atoms with Crippen LogP contribution in [0, 0.1) is 11.3 Å². The molecule has 26 heavy (non-hydrogen) atoms. The van der Waals surface area contributed by atoms with Gasteiger partial charge in [-0.3, -0.25) is 19.4 Å². The van der Waals surface area contributed by atoms with E-state index in [4.69, 9.17) is 11.1 Å². The predicted molar refractivity (Wildman–Crippen MR) is 97.8 cm³/mol. The van der Waals surface area contributed by atoms with Gasteiger partial charge in [-0.2, -0.15) is 0 Å². The Kier molecular flexibility index (Phi) is 5.91. The smallest absolute Gasteiger partial charge is 0.314 e. The fourth-order valence-corrected chi connectivity index (χ4v) is 2.82. The number of amides is 3. The summed E-state index contributed by atoms with van der Waals surface area (Å²) in [5, 5.41) is 9.70. The molecule has 1 saturated heterocycles. The van der Waals surface area contributed by atoms with E-state index in [1.807, 2.05) is 20.8 Å². The van der Waals surface area contributed by atoms with Crippen molar-refractivity contribution in [1.29, 1.82) is 5.41 Å². The minimum absolute atomic E-state index is 0.0383. The van der Waals surface area contributed by atoms with E-state index in [1.54, 1.807) is 4.90 Å². The summed E-state index contributed by atoms with van der Waals surface area (Å²) in [7, 11) is 0. The normalized spacial score (nSPS) is 17.2. The quantitative estimate of drug-likeness (QED) is 0.527. The van der Waals surface area contributed by atoms with Crippen molar-refractivity contribution in [3.63, 3.8) is 0 Å². The molecule has 1 atom stereocenters. The van der Waals surface area contributed by atoms with Crippen LogP contribution < -0.4 is 11.1 Å². The summed E-state index contributed by atoms with van der Waals surface area (Å²) in [4.78, 5) is 43.9. The number of pyridine rings is 1. The molecule has 3 amide bonds. The van der Waals surface area contributed by atoms with Gasteiger partial charge in [0, 0.05) is 49.6 Å². The van der Waals surface area contributed by atoms with Gasteiger partial charge in [0.15, 0.2) is 0 Å². The number of nitrogen functional groups attached to an aromatic ring is 1. The second-order valence-corrected chi connectivity index (χ2v) is 6.57. The van der Waals surface area contributed by atoms with Gasteiger partial charge in [0.2, 0.25) is 5.91 Å². The van der Waals surface area contributed by atoms with Crippen LogP contribution in [0.15, 0.2) is 12.4 Å². The lowest BCUT2D eigenvalue weighted by molar-refractivity contribution is -0.148. The highest BCUT2D eigenvalue weighted by molar-refractivity contribution is 6.39. The van der Waals surface area contributed by atoms with Crippen molar-refractivity contribution in [3.05, 3.63) is 18.0 Å². The van der Waals surface area contributed by atoms with Crippen molar-refractivity contribution in [2.45, 2.75) is 26.8 Å². The molecule has 1 fully saturated rings. The Balaban J connectivity index is 2.03. The number of carbonyl (C=O) groups excluding carboxylic acids is 3. The molecule has 0 aliphatic carbocycles. The summed E-state index contributed by atoms with van der Waals surface area (Å²) >= 11 is 0. The molecule has 0 radical (unpaired) electrons. The van der Waals surface area contributed by atoms with Crippen molar-refractivity contribution in [2.24, 2.45) is 5.92 Å². The van der Waals surface area contributed by atoms with E-state index in [2.05, 4.69) is 10.3 Å². The van der Waals surface area contributed by atoms with Crippen LogP contribution in [0.5, 0.6) is 0 Å². The summed E-state index contributed by atoms with van der Waals surface area (Å²) in [6, 6.07) is -0.164. The molecule has 1 aromatic heterocycles. The Morgan fingerprint density at radius 2 is 2.04 bits per heavy atom. The van der Waals surface area contributed by atoms with E-state index in [0.29, 0.717) is 25.2 Å². The number of rotatable bonds is 3. The topological polar surface area (TPSA) is 132 Å². The van der Waals surface area contributed by atoms with E-state index in [0.717, 1.165) is 6.21 Å². The van der Waals surface area contributed by atoms with E-state index in [9.17, 15) is 14.4 Å². The third kappa shape index (κ3) is 3.98. The molecule has 0 aromatic carbocycles. The summed E-state index contributed by atoms with van der Waals surface area (Å²) in [5.41, 5.74) is 6.56. The SMILES string of the molecule is CC(C)C(=O)N1CCN(C(=O)C(=O)Nc2cncc(C=N)c2N)CC1C. The molecule has 1 unspecified atom stereocenters. The Labute approximate surface area is 152 Å². The van der Waals surface area contributed by atoms with E-state index in [-0.39, 0.29) is 29.2 Å². The van der Waals surface area contributed by atoms with Crippen LogP contribution in [-0.2, 0) is 14.4 Å². The lowest BCUT2D eigenvalue weighted by atomic mass is 10.1. The fourth-order valence-electron chi connectivity index (χ4n) is 2.82. The molecule has 9 heteroatoms. The summed E-state index contributed by atoms with van der Waals surface area (Å²) in [5.74, 6) is -1.58. The molecule has 2 rings (SSSR count). The van der Waals surface area contributed by atoms with Crippen molar-refractivity contribution < 1.29 is 14.4 Å². The number of hydrogen-bond donors (Lipinski definition) is 3. The van der Waals surface area contributed by atoms with Crippen molar-refractivity contribution >= 4 is 35.3 Å². The second-order valence-electron chi connectivity index (χ2n) is 6.57. The average molecular weight is 360 g/mol. The first-order valence-electron chi connectivity index (χ1n) is 8.41. The van der Waals surface area contributed by atoms with Gasteiger partial charge in [-0.05, 0) is 6.92 Å². The molecule has 1 aliphatic rings. The Hall–Kier alpha value is -2.97. The van der Waals surface area contributed by atoms with Gasteiger partial charge in [0.25, 0.3) is 0 Å². The maximum Gasteiger partial charge on any atom is 0.314 e. The lowest BCUT2D eigenvalue weighted by Gasteiger charge is -2.40. The monoisotopic (exact) mass is 360 g/mol. The lowest BCUT2D eigenvalue weighted by Crippen LogP contribution is -2.57. The number of nitrogens with two attached hydrogens (primary N) is 1. The number of hydrogen-bond acceptors (Lipinski definition) is 6. The van der Waals surface area contributed by atoms with E-state index in [1.165, 1.54) is 17.3 Å². The van der Waals surface area contributed by atoms with Gasteiger partial charge in [0.05, 0.1) is 17.6 Å². The van der Waals surface area contributed by atoms with Crippen molar-refractivity contribution in [2.75, 3.05) is 30.7 Å². The van der Waals surface area contributed by atoms with Crippen LogP contribution in [0.2, 0.25) is 0 Å². The molecule has 9 nitrogen and oxygen atoms in total. The van der Waals surface area contributed by atoms with Gasteiger partial charge in [0.1, 0.15) is 0 Å². The van der Waals surface area contributed by atoms with Gasteiger partial charge >= 0.3 is 11.8 Å². The average Bonchev–Trinajstić information content (AvgIpc) is 2.62. The zero-order valence-corrected chi connectivity index (χ0v) is 15.2. The first-order chi connectivity index (χ1) is 12.3. The highest BCUT2D eigenvalue weighted by Gasteiger charge is 2.33. The van der Waals surface area contributed by atoms with Crippen LogP contribution in [0.3, 0.4) is 0 Å². The number of carbonyl (C=O) groups is 3. The maximum atomic E-state index is 12.4. The molecule has 0 spiro atoms. The largest absolute Gasteiger partial charge is 0.396 e. The first kappa shape index (κ1) is 19.4. The van der Waals surface area contributed by atoms with Gasteiger partial charge in [-0.15, -0.1) is 0 Å². The molecule has 1 aromatic rings. The van der Waals surface area contributed by atoms with Crippen LogP contribution in [-0.4, -0.2) is 64.4 Å². The van der Waals surface area contributed by atoms with Crippen LogP contribution in [0.1, 0.15) is 26.3 Å². The highest BCUT2D eigenvalue weighted by Crippen LogP contribution is 2.20. The Morgan fingerprint density at radius 1 is 1.35 bits per heavy atom. The van der Waals surface area contributed by atoms with Gasteiger partial charge < -0.3 is 26.3 Å². The highest BCUT2D eigenvalue weighted by atomic mass is 16.2. The minimum Gasteiger partial charge on any atom is -0.396 e. The summed E-state index contributed by atoms with van der Waals surface area (Å²) < 4.78 is 0. The van der Waals surface area contributed by atoms with E-state index < -0.39 is 11.8 Å². The second kappa shape index (κ2) is 7.94. The fraction of sp³-hybridized carbons (Fsp3) is 0.471. The molecule has 1 aliphatic heterocycles. The van der Waals surface area contributed by atoms with Gasteiger partial charge in [-0.25, -0.2) is 0 Å². The Morgan fingerprint density at radius 3 is 2.62 bits per heavy atom. The summed E-state index contributed by atoms with van der Waals surface area (Å²) in [6.45, 7) is 6.50. The predicted octanol–water partition coefficient (Wildman–Crippen LogP) is 0.315. The number of piperazine rings is 1. The van der Waals surface area contributed by atoms with E-state index >= 15 is 0 Å². The molecular weight excluding hydrogens is 336 g/mol. The number of anilines is 2. The zero-order valence-electron chi connectivity index (χ0n) is 15.2. The van der Waals surface area contributed by atoms with Gasteiger partial charge in [-0.1, -0.05) is 13.8 Å². The van der Waals surface area contributed by atoms with Crippen LogP contribution in [0.4, 0.5) is 11.4 Å². The molecule has 140 valence electrons. The number of aromatic nitrogens is 1. The molecule has 0 bridgehead atoms. The zero-order chi connectivity index (χ0) is 19.4. The van der Waals surface area contributed by atoms with Crippen LogP contribution in [0.25, 0.3) is 0 Å². The molecule has 2 heterocycles. The third-order valence-electron chi connectivity index (χ3n) is 4.31. The van der Waals surface area contributed by atoms with Crippen LogP contribution >= 0.6 is 0 Å². The maximum absolute atomic E-state index is 12.4. The standard InChI is InChI=1S/C17H24N6O3/c1-10(2)16(25)23-5-4-22(9-11(23)3)17(26)15(24)21-13-8-20-7-12(6-18)14(13)19/h6-8,10-11,18H,4-5,9H2,1-3H3,(H2,19,20)(H,21,24). The van der Waals surface area contributed by atoms with Crippen molar-refractivity contribution in [1.82, 2.24) is 14.8 Å². The minimum atomic E-state index is -0.823. The number of nitrogens with one attached hydrogen (secondary N) is 2. The number of nitrogens with zero attached hydrogens (tertiary/aromatic N) is 3. The summed E-state index contributed by atoms with van der Waals surface area (Å²) in [6.07, 6.45) is 3.74. The molecular formula is C17H24N6O3. The van der Waals surface area contributed by atoms with Crippen molar-refractivity contribution in [3.8, 4) is 0 Å². The Bertz CT molecular complexity index is 733. The first-order valence-corrected chi connectivity index (χ1v) is 8.41. The third-order valence-corrected chi connectivity index (χ3v) is 4.31.